The Morgan fingerprint density at radius 2 is 1.44 bits per heavy atom. The van der Waals surface area contributed by atoms with Crippen LogP contribution in [-0.2, 0) is 9.53 Å². The number of unbranched alkanes of at least 4 members (excludes halogenated alkanes) is 8. The van der Waals surface area contributed by atoms with Crippen LogP contribution in [0.1, 0.15) is 78.1 Å². The van der Waals surface area contributed by atoms with E-state index in [-0.39, 0.29) is 5.97 Å². The first-order chi connectivity index (χ1) is 8.77. The van der Waals surface area contributed by atoms with Gasteiger partial charge in [-0.05, 0) is 25.7 Å². The Kier molecular flexibility index (Phi) is 13.6. The number of esters is 1. The Morgan fingerprint density at radius 1 is 0.889 bits per heavy atom. The van der Waals surface area contributed by atoms with Gasteiger partial charge in [0, 0.05) is 6.92 Å². The van der Waals surface area contributed by atoms with Crippen LogP contribution in [-0.4, -0.2) is 12.6 Å². The highest BCUT2D eigenvalue weighted by molar-refractivity contribution is 5.65. The molecule has 0 amide bonds. The molecule has 0 fully saturated rings. The molecule has 0 bridgehead atoms. The third-order valence-electron chi connectivity index (χ3n) is 2.96. The molecule has 2 nitrogen and oxygen atoms in total. The molecular weight excluding hydrogens is 224 g/mol. The van der Waals surface area contributed by atoms with Gasteiger partial charge in [0.05, 0.1) is 6.61 Å². The lowest BCUT2D eigenvalue weighted by molar-refractivity contribution is -0.141. The summed E-state index contributed by atoms with van der Waals surface area (Å²) in [4.78, 5) is 10.5. The predicted octanol–water partition coefficient (Wildman–Crippen LogP) is 5.03. The number of rotatable bonds is 12. The Morgan fingerprint density at radius 3 is 2.06 bits per heavy atom. The molecule has 2 heteroatoms. The highest BCUT2D eigenvalue weighted by atomic mass is 16.5. The van der Waals surface area contributed by atoms with E-state index in [1.807, 2.05) is 0 Å². The second-order valence-electron chi connectivity index (χ2n) is 4.86. The number of allylic oxidation sites excluding steroid dienone is 2. The number of hydrogen-bond donors (Lipinski definition) is 0. The summed E-state index contributed by atoms with van der Waals surface area (Å²) in [6.07, 6.45) is 17.1. The average Bonchev–Trinajstić information content (AvgIpc) is 2.34. The number of carbonyl (C=O) groups excluding carboxylic acids is 1. The SMILES string of the molecule is CCCC/C=C\CCCCCCCCOC(C)=O. The quantitative estimate of drug-likeness (QED) is 0.277. The van der Waals surface area contributed by atoms with Gasteiger partial charge >= 0.3 is 5.97 Å². The highest BCUT2D eigenvalue weighted by Crippen LogP contribution is 2.08. The minimum absolute atomic E-state index is 0.162. The van der Waals surface area contributed by atoms with E-state index in [1.54, 1.807) is 0 Å². The maximum absolute atomic E-state index is 10.5. The summed E-state index contributed by atoms with van der Waals surface area (Å²) in [6.45, 7) is 4.29. The van der Waals surface area contributed by atoms with Gasteiger partial charge in [0.2, 0.25) is 0 Å². The van der Waals surface area contributed by atoms with Gasteiger partial charge in [0.15, 0.2) is 0 Å². The van der Waals surface area contributed by atoms with E-state index < -0.39 is 0 Å². The van der Waals surface area contributed by atoms with Crippen molar-refractivity contribution < 1.29 is 9.53 Å². The summed E-state index contributed by atoms with van der Waals surface area (Å²) in [5.74, 6) is -0.162. The van der Waals surface area contributed by atoms with Crippen molar-refractivity contribution in [1.82, 2.24) is 0 Å². The molecule has 0 unspecified atom stereocenters. The van der Waals surface area contributed by atoms with Crippen LogP contribution >= 0.6 is 0 Å². The molecule has 106 valence electrons. The molecule has 0 spiro atoms. The number of hydrogen-bond acceptors (Lipinski definition) is 2. The van der Waals surface area contributed by atoms with E-state index in [0.717, 1.165) is 6.42 Å². The van der Waals surface area contributed by atoms with Crippen LogP contribution in [0.2, 0.25) is 0 Å². The van der Waals surface area contributed by atoms with Crippen molar-refractivity contribution in [3.05, 3.63) is 12.2 Å². The fourth-order valence-corrected chi connectivity index (χ4v) is 1.84. The molecule has 0 aliphatic carbocycles. The maximum Gasteiger partial charge on any atom is 0.302 e. The number of carbonyl (C=O) groups is 1. The Balaban J connectivity index is 3.03. The van der Waals surface area contributed by atoms with Crippen molar-refractivity contribution in [2.45, 2.75) is 78.1 Å². The van der Waals surface area contributed by atoms with Crippen molar-refractivity contribution >= 4 is 5.97 Å². The van der Waals surface area contributed by atoms with Crippen LogP contribution < -0.4 is 0 Å². The Bertz CT molecular complexity index is 209. The van der Waals surface area contributed by atoms with Gasteiger partial charge in [0.25, 0.3) is 0 Å². The molecule has 0 aromatic rings. The summed E-state index contributed by atoms with van der Waals surface area (Å²) >= 11 is 0. The summed E-state index contributed by atoms with van der Waals surface area (Å²) in [5, 5.41) is 0. The predicted molar refractivity (Wildman–Crippen MR) is 77.6 cm³/mol. The summed E-state index contributed by atoms with van der Waals surface area (Å²) in [5.41, 5.74) is 0. The van der Waals surface area contributed by atoms with Gasteiger partial charge in [0.1, 0.15) is 0 Å². The fourth-order valence-electron chi connectivity index (χ4n) is 1.84. The lowest BCUT2D eigenvalue weighted by Gasteiger charge is -2.02. The minimum Gasteiger partial charge on any atom is -0.466 e. The van der Waals surface area contributed by atoms with Crippen LogP contribution in [0, 0.1) is 0 Å². The highest BCUT2D eigenvalue weighted by Gasteiger charge is 1.93. The smallest absolute Gasteiger partial charge is 0.302 e. The van der Waals surface area contributed by atoms with Gasteiger partial charge in [-0.25, -0.2) is 0 Å². The van der Waals surface area contributed by atoms with Gasteiger partial charge in [-0.15, -0.1) is 0 Å². The molecule has 0 N–H and O–H groups in total. The van der Waals surface area contributed by atoms with Crippen molar-refractivity contribution in [1.29, 1.82) is 0 Å². The fraction of sp³-hybridized carbons (Fsp3) is 0.812. The van der Waals surface area contributed by atoms with Gasteiger partial charge in [-0.2, -0.15) is 0 Å². The van der Waals surface area contributed by atoms with Crippen LogP contribution in [0.4, 0.5) is 0 Å². The van der Waals surface area contributed by atoms with E-state index in [2.05, 4.69) is 19.1 Å². The molecule has 0 aromatic carbocycles. The van der Waals surface area contributed by atoms with Crippen LogP contribution in [0.3, 0.4) is 0 Å². The van der Waals surface area contributed by atoms with Gasteiger partial charge < -0.3 is 4.74 Å². The standard InChI is InChI=1S/C16H30O2/c1-3-4-5-6-7-8-9-10-11-12-13-14-15-18-16(2)17/h6-7H,3-5,8-15H2,1-2H3/b7-6-. The van der Waals surface area contributed by atoms with Crippen molar-refractivity contribution in [2.75, 3.05) is 6.61 Å². The lowest BCUT2D eigenvalue weighted by Crippen LogP contribution is -1.99. The molecular formula is C16H30O2. The lowest BCUT2D eigenvalue weighted by atomic mass is 10.1. The van der Waals surface area contributed by atoms with E-state index >= 15 is 0 Å². The summed E-state index contributed by atoms with van der Waals surface area (Å²) < 4.78 is 4.89. The molecule has 0 radical (unpaired) electrons. The Hall–Kier alpha value is -0.790. The molecule has 18 heavy (non-hydrogen) atoms. The van der Waals surface area contributed by atoms with Crippen molar-refractivity contribution in [3.63, 3.8) is 0 Å². The first-order valence-corrected chi connectivity index (χ1v) is 7.55. The van der Waals surface area contributed by atoms with Crippen LogP contribution in [0.15, 0.2) is 12.2 Å². The van der Waals surface area contributed by atoms with E-state index in [0.29, 0.717) is 6.61 Å². The van der Waals surface area contributed by atoms with Crippen molar-refractivity contribution in [2.24, 2.45) is 0 Å². The second kappa shape index (κ2) is 14.3. The largest absolute Gasteiger partial charge is 0.466 e. The van der Waals surface area contributed by atoms with Gasteiger partial charge in [-0.3, -0.25) is 4.79 Å². The first-order valence-electron chi connectivity index (χ1n) is 7.55. The molecule has 0 heterocycles. The van der Waals surface area contributed by atoms with E-state index in [1.165, 1.54) is 64.7 Å². The van der Waals surface area contributed by atoms with Crippen LogP contribution in [0.25, 0.3) is 0 Å². The minimum atomic E-state index is -0.162. The maximum atomic E-state index is 10.5. The van der Waals surface area contributed by atoms with Crippen LogP contribution in [0.5, 0.6) is 0 Å². The molecule has 0 saturated heterocycles. The molecule has 0 aliphatic heterocycles. The molecule has 0 rings (SSSR count). The topological polar surface area (TPSA) is 26.3 Å². The summed E-state index contributed by atoms with van der Waals surface area (Å²) in [6, 6.07) is 0. The summed E-state index contributed by atoms with van der Waals surface area (Å²) in [7, 11) is 0. The molecule has 0 aromatic heterocycles. The Labute approximate surface area is 113 Å². The molecule has 0 aliphatic rings. The normalized spacial score (nSPS) is 11.0. The van der Waals surface area contributed by atoms with Crippen molar-refractivity contribution in [3.8, 4) is 0 Å². The number of ether oxygens (including phenoxy) is 1. The zero-order valence-electron chi connectivity index (χ0n) is 12.2. The molecule has 0 atom stereocenters. The zero-order valence-corrected chi connectivity index (χ0v) is 12.2. The first kappa shape index (κ1) is 17.2. The zero-order chi connectivity index (χ0) is 13.5. The third kappa shape index (κ3) is 15.2. The third-order valence-corrected chi connectivity index (χ3v) is 2.96. The average molecular weight is 254 g/mol. The van der Waals surface area contributed by atoms with E-state index in [4.69, 9.17) is 4.74 Å². The van der Waals surface area contributed by atoms with E-state index in [9.17, 15) is 4.79 Å². The second-order valence-corrected chi connectivity index (χ2v) is 4.86. The van der Waals surface area contributed by atoms with Gasteiger partial charge in [-0.1, -0.05) is 57.6 Å². The molecule has 0 saturated carbocycles. The monoisotopic (exact) mass is 254 g/mol.